The third-order valence-electron chi connectivity index (χ3n) is 3.05. The predicted octanol–water partition coefficient (Wildman–Crippen LogP) is 1.38. The lowest BCUT2D eigenvalue weighted by Crippen LogP contribution is -2.11. The monoisotopic (exact) mass is 257 g/mol. The highest BCUT2D eigenvalue weighted by Crippen LogP contribution is 2.19. The molecule has 3 nitrogen and oxygen atoms in total. The van der Waals surface area contributed by atoms with E-state index in [9.17, 15) is 12.8 Å². The molecule has 1 aromatic carbocycles. The molecule has 2 rings (SSSR count). The van der Waals surface area contributed by atoms with Crippen molar-refractivity contribution in [1.82, 2.24) is 5.32 Å². The van der Waals surface area contributed by atoms with Crippen LogP contribution in [0.15, 0.2) is 23.1 Å². The molecular formula is C12H16FNO2S. The van der Waals surface area contributed by atoms with E-state index in [0.29, 0.717) is 5.92 Å². The van der Waals surface area contributed by atoms with Crippen LogP contribution in [-0.2, 0) is 16.3 Å². The van der Waals surface area contributed by atoms with Gasteiger partial charge in [0.25, 0.3) is 0 Å². The number of benzene rings is 1. The fraction of sp³-hybridized carbons (Fsp3) is 0.500. The summed E-state index contributed by atoms with van der Waals surface area (Å²) in [5.41, 5.74) is 0.763. The number of hydrogen-bond acceptors (Lipinski definition) is 3. The summed E-state index contributed by atoms with van der Waals surface area (Å²) < 4.78 is 36.1. The van der Waals surface area contributed by atoms with Gasteiger partial charge in [-0.25, -0.2) is 12.8 Å². The Morgan fingerprint density at radius 3 is 2.76 bits per heavy atom. The topological polar surface area (TPSA) is 46.2 Å². The van der Waals surface area contributed by atoms with E-state index in [1.165, 1.54) is 6.07 Å². The molecular weight excluding hydrogens is 241 g/mol. The van der Waals surface area contributed by atoms with E-state index in [1.54, 1.807) is 6.07 Å². The molecule has 0 aromatic heterocycles. The second-order valence-corrected chi connectivity index (χ2v) is 6.65. The van der Waals surface area contributed by atoms with Crippen LogP contribution in [0.1, 0.15) is 12.0 Å². The SMILES string of the molecule is CS(=O)(=O)c1cc(F)cc(CC2CCNC2)c1. The first-order valence-electron chi connectivity index (χ1n) is 5.65. The molecule has 1 aliphatic rings. The first-order chi connectivity index (χ1) is 7.95. The van der Waals surface area contributed by atoms with Gasteiger partial charge in [-0.05, 0) is 55.6 Å². The molecule has 1 heterocycles. The second-order valence-electron chi connectivity index (χ2n) is 4.63. The summed E-state index contributed by atoms with van der Waals surface area (Å²) in [6.07, 6.45) is 2.89. The Morgan fingerprint density at radius 1 is 1.41 bits per heavy atom. The van der Waals surface area contributed by atoms with Gasteiger partial charge in [-0.15, -0.1) is 0 Å². The van der Waals surface area contributed by atoms with Gasteiger partial charge in [-0.2, -0.15) is 0 Å². The average Bonchev–Trinajstić information content (AvgIpc) is 2.68. The summed E-state index contributed by atoms with van der Waals surface area (Å²) >= 11 is 0. The van der Waals surface area contributed by atoms with Crippen molar-refractivity contribution in [3.8, 4) is 0 Å². The maximum absolute atomic E-state index is 13.4. The zero-order chi connectivity index (χ0) is 12.5. The lowest BCUT2D eigenvalue weighted by molar-refractivity contribution is 0.568. The zero-order valence-corrected chi connectivity index (χ0v) is 10.6. The zero-order valence-electron chi connectivity index (χ0n) is 9.74. The molecule has 0 aliphatic carbocycles. The molecule has 0 saturated carbocycles. The minimum absolute atomic E-state index is 0.0680. The molecule has 1 atom stereocenters. The van der Waals surface area contributed by atoms with Crippen LogP contribution < -0.4 is 5.32 Å². The minimum atomic E-state index is -3.34. The van der Waals surface area contributed by atoms with Crippen LogP contribution in [0.25, 0.3) is 0 Å². The Kier molecular flexibility index (Phi) is 3.49. The normalized spacial score (nSPS) is 20.7. The van der Waals surface area contributed by atoms with Crippen LogP contribution in [0.2, 0.25) is 0 Å². The Hall–Kier alpha value is -0.940. The van der Waals surface area contributed by atoms with Crippen LogP contribution >= 0.6 is 0 Å². The predicted molar refractivity (Wildman–Crippen MR) is 64.2 cm³/mol. The van der Waals surface area contributed by atoms with Crippen molar-refractivity contribution in [3.05, 3.63) is 29.6 Å². The van der Waals surface area contributed by atoms with Crippen molar-refractivity contribution in [2.75, 3.05) is 19.3 Å². The molecule has 1 aromatic rings. The van der Waals surface area contributed by atoms with E-state index >= 15 is 0 Å². The summed E-state index contributed by atoms with van der Waals surface area (Å²) in [7, 11) is -3.34. The number of sulfone groups is 1. The summed E-state index contributed by atoms with van der Waals surface area (Å²) in [5.74, 6) is -0.00177. The van der Waals surface area contributed by atoms with Crippen molar-refractivity contribution < 1.29 is 12.8 Å². The second kappa shape index (κ2) is 4.74. The van der Waals surface area contributed by atoms with Crippen molar-refractivity contribution in [3.63, 3.8) is 0 Å². The quantitative estimate of drug-likeness (QED) is 0.890. The van der Waals surface area contributed by atoms with E-state index in [2.05, 4.69) is 5.32 Å². The molecule has 94 valence electrons. The Bertz CT molecular complexity index is 507. The standard InChI is InChI=1S/C12H16FNO2S/c1-17(15,16)12-6-10(5-11(13)7-12)4-9-2-3-14-8-9/h5-7,9,14H,2-4,8H2,1H3. The summed E-state index contributed by atoms with van der Waals surface area (Å²) in [5, 5.41) is 3.24. The van der Waals surface area contributed by atoms with Gasteiger partial charge in [0.15, 0.2) is 9.84 Å². The maximum atomic E-state index is 13.4. The molecule has 17 heavy (non-hydrogen) atoms. The summed E-state index contributed by atoms with van der Waals surface area (Å²) in [4.78, 5) is 0.0680. The van der Waals surface area contributed by atoms with E-state index in [1.807, 2.05) is 0 Å². The molecule has 0 spiro atoms. The summed E-state index contributed by atoms with van der Waals surface area (Å²) in [6.45, 7) is 1.91. The van der Waals surface area contributed by atoms with E-state index in [-0.39, 0.29) is 4.90 Å². The Balaban J connectivity index is 2.25. The fourth-order valence-electron chi connectivity index (χ4n) is 2.17. The fourth-order valence-corrected chi connectivity index (χ4v) is 2.87. The first kappa shape index (κ1) is 12.5. The summed E-state index contributed by atoms with van der Waals surface area (Å²) in [6, 6.07) is 4.08. The molecule has 1 saturated heterocycles. The van der Waals surface area contributed by atoms with Gasteiger partial charge in [-0.1, -0.05) is 0 Å². The Labute approximate surface area is 101 Å². The number of hydrogen-bond donors (Lipinski definition) is 1. The molecule has 1 fully saturated rings. The Morgan fingerprint density at radius 2 is 2.18 bits per heavy atom. The first-order valence-corrected chi connectivity index (χ1v) is 7.54. The highest BCUT2D eigenvalue weighted by atomic mass is 32.2. The van der Waals surface area contributed by atoms with Crippen molar-refractivity contribution in [2.24, 2.45) is 5.92 Å². The molecule has 0 bridgehead atoms. The largest absolute Gasteiger partial charge is 0.316 e. The van der Waals surface area contributed by atoms with Gasteiger partial charge in [-0.3, -0.25) is 0 Å². The lowest BCUT2D eigenvalue weighted by atomic mass is 9.99. The maximum Gasteiger partial charge on any atom is 0.175 e. The average molecular weight is 257 g/mol. The van der Waals surface area contributed by atoms with E-state index in [0.717, 1.165) is 43.8 Å². The van der Waals surface area contributed by atoms with Crippen molar-refractivity contribution in [2.45, 2.75) is 17.7 Å². The van der Waals surface area contributed by atoms with Crippen molar-refractivity contribution >= 4 is 9.84 Å². The third-order valence-corrected chi connectivity index (χ3v) is 4.14. The molecule has 0 radical (unpaired) electrons. The molecule has 1 unspecified atom stereocenters. The molecule has 0 amide bonds. The van der Waals surface area contributed by atoms with Gasteiger partial charge < -0.3 is 5.32 Å². The van der Waals surface area contributed by atoms with Gasteiger partial charge >= 0.3 is 0 Å². The van der Waals surface area contributed by atoms with Gasteiger partial charge in [0, 0.05) is 6.26 Å². The van der Waals surface area contributed by atoms with Gasteiger partial charge in [0.05, 0.1) is 4.90 Å². The van der Waals surface area contributed by atoms with Crippen LogP contribution in [0.3, 0.4) is 0 Å². The highest BCUT2D eigenvalue weighted by Gasteiger charge is 2.17. The number of rotatable bonds is 3. The van der Waals surface area contributed by atoms with Crippen molar-refractivity contribution in [1.29, 1.82) is 0 Å². The van der Waals surface area contributed by atoms with Crippen LogP contribution in [0, 0.1) is 11.7 Å². The number of halogens is 1. The van der Waals surface area contributed by atoms with Crippen LogP contribution in [0.5, 0.6) is 0 Å². The van der Waals surface area contributed by atoms with E-state index in [4.69, 9.17) is 0 Å². The van der Waals surface area contributed by atoms with Gasteiger partial charge in [0.2, 0.25) is 0 Å². The lowest BCUT2D eigenvalue weighted by Gasteiger charge is -2.09. The third kappa shape index (κ3) is 3.26. The minimum Gasteiger partial charge on any atom is -0.316 e. The van der Waals surface area contributed by atoms with Gasteiger partial charge in [0.1, 0.15) is 5.82 Å². The molecule has 1 aliphatic heterocycles. The van der Waals surface area contributed by atoms with Crippen LogP contribution in [0.4, 0.5) is 4.39 Å². The van der Waals surface area contributed by atoms with E-state index < -0.39 is 15.7 Å². The smallest absolute Gasteiger partial charge is 0.175 e. The molecule has 1 N–H and O–H groups in total. The highest BCUT2D eigenvalue weighted by molar-refractivity contribution is 7.90. The van der Waals surface area contributed by atoms with Crippen LogP contribution in [-0.4, -0.2) is 27.8 Å². The number of nitrogens with one attached hydrogen (secondary N) is 1. The molecule has 5 heteroatoms.